The van der Waals surface area contributed by atoms with Crippen molar-refractivity contribution in [2.45, 2.75) is 17.7 Å². The predicted octanol–water partition coefficient (Wildman–Crippen LogP) is 1.53. The van der Waals surface area contributed by atoms with Crippen molar-refractivity contribution in [3.63, 3.8) is 0 Å². The molecule has 2 aromatic rings. The number of amides is 1. The van der Waals surface area contributed by atoms with Crippen molar-refractivity contribution in [1.82, 2.24) is 9.88 Å². The molecule has 2 fully saturated rings. The Labute approximate surface area is 151 Å². The zero-order valence-corrected chi connectivity index (χ0v) is 15.0. The van der Waals surface area contributed by atoms with Crippen LogP contribution in [0.25, 0.3) is 0 Å². The van der Waals surface area contributed by atoms with Crippen LogP contribution in [0, 0.1) is 5.92 Å². The van der Waals surface area contributed by atoms with Crippen LogP contribution in [-0.4, -0.2) is 50.4 Å². The number of nitrogens with zero attached hydrogens (tertiary/aromatic N) is 3. The molecule has 2 aromatic heterocycles. The second kappa shape index (κ2) is 6.64. The van der Waals surface area contributed by atoms with Gasteiger partial charge in [0.2, 0.25) is 5.91 Å². The van der Waals surface area contributed by atoms with Gasteiger partial charge in [0.1, 0.15) is 17.0 Å². The van der Waals surface area contributed by atoms with E-state index < -0.39 is 10.0 Å². The Morgan fingerprint density at radius 2 is 1.92 bits per heavy atom. The maximum absolute atomic E-state index is 12.2. The molecular weight excluding hydrogens is 356 g/mol. The quantitative estimate of drug-likeness (QED) is 0.850. The van der Waals surface area contributed by atoms with E-state index in [9.17, 15) is 13.2 Å². The third kappa shape index (κ3) is 3.52. The molecule has 138 valence electrons. The molecule has 1 aliphatic heterocycles. The number of rotatable bonds is 5. The Hall–Kier alpha value is -2.55. The van der Waals surface area contributed by atoms with E-state index in [1.165, 1.54) is 24.8 Å². The number of anilines is 2. The van der Waals surface area contributed by atoms with Gasteiger partial charge in [-0.15, -0.1) is 0 Å². The highest BCUT2D eigenvalue weighted by Gasteiger charge is 2.34. The lowest BCUT2D eigenvalue weighted by atomic mass is 10.2. The van der Waals surface area contributed by atoms with Crippen molar-refractivity contribution in [2.24, 2.45) is 5.92 Å². The van der Waals surface area contributed by atoms with Gasteiger partial charge < -0.3 is 14.2 Å². The highest BCUT2D eigenvalue weighted by molar-refractivity contribution is 7.92. The normalized spacial score (nSPS) is 18.0. The molecule has 0 atom stereocenters. The number of carbonyl (C=O) groups is 1. The van der Waals surface area contributed by atoms with Crippen LogP contribution in [0.15, 0.2) is 46.2 Å². The van der Waals surface area contributed by atoms with Gasteiger partial charge in [-0.25, -0.2) is 13.4 Å². The number of sulfonamides is 1. The Morgan fingerprint density at radius 1 is 1.15 bits per heavy atom. The van der Waals surface area contributed by atoms with Crippen LogP contribution >= 0.6 is 0 Å². The number of pyridine rings is 1. The Balaban J connectivity index is 1.37. The van der Waals surface area contributed by atoms with Gasteiger partial charge in [-0.05, 0) is 31.0 Å². The summed E-state index contributed by atoms with van der Waals surface area (Å²) in [4.78, 5) is 20.6. The van der Waals surface area contributed by atoms with Gasteiger partial charge in [0.15, 0.2) is 0 Å². The summed E-state index contributed by atoms with van der Waals surface area (Å²) in [5.74, 6) is 1.30. The Morgan fingerprint density at radius 3 is 2.50 bits per heavy atom. The summed E-state index contributed by atoms with van der Waals surface area (Å²) >= 11 is 0. The maximum Gasteiger partial charge on any atom is 0.265 e. The van der Waals surface area contributed by atoms with E-state index in [1.807, 2.05) is 4.90 Å². The molecule has 3 heterocycles. The topological polar surface area (TPSA) is 95.8 Å². The smallest absolute Gasteiger partial charge is 0.265 e. The van der Waals surface area contributed by atoms with Gasteiger partial charge >= 0.3 is 0 Å². The van der Waals surface area contributed by atoms with Gasteiger partial charge in [0.25, 0.3) is 10.0 Å². The second-order valence-electron chi connectivity index (χ2n) is 6.56. The number of piperazine rings is 1. The zero-order valence-electron chi connectivity index (χ0n) is 14.2. The molecule has 26 heavy (non-hydrogen) atoms. The minimum Gasteiger partial charge on any atom is -0.471 e. The van der Waals surface area contributed by atoms with Crippen LogP contribution in [0.1, 0.15) is 12.8 Å². The monoisotopic (exact) mass is 376 g/mol. The third-order valence-corrected chi connectivity index (χ3v) is 6.00. The van der Waals surface area contributed by atoms with E-state index in [1.54, 1.807) is 12.1 Å². The fraction of sp³-hybridized carbons (Fsp3) is 0.412. The minimum absolute atomic E-state index is 0.0676. The van der Waals surface area contributed by atoms with E-state index in [-0.39, 0.29) is 16.7 Å². The molecule has 1 saturated carbocycles. The molecule has 0 aromatic carbocycles. The molecule has 0 unspecified atom stereocenters. The number of aromatic nitrogens is 1. The van der Waals surface area contributed by atoms with Crippen LogP contribution in [0.5, 0.6) is 0 Å². The summed E-state index contributed by atoms with van der Waals surface area (Å²) in [7, 11) is -3.67. The number of carbonyl (C=O) groups excluding carboxylic acids is 1. The number of furan rings is 1. The lowest BCUT2D eigenvalue weighted by Gasteiger charge is -2.35. The first kappa shape index (κ1) is 16.9. The fourth-order valence-electron chi connectivity index (χ4n) is 3.00. The Bertz CT molecular complexity index is 868. The van der Waals surface area contributed by atoms with Crippen LogP contribution in [0.2, 0.25) is 0 Å². The first-order valence-corrected chi connectivity index (χ1v) is 10.1. The molecule has 1 amide bonds. The minimum atomic E-state index is -3.67. The largest absolute Gasteiger partial charge is 0.471 e. The van der Waals surface area contributed by atoms with Crippen molar-refractivity contribution >= 4 is 27.4 Å². The first-order chi connectivity index (χ1) is 12.5. The van der Waals surface area contributed by atoms with Crippen LogP contribution in [0.4, 0.5) is 11.5 Å². The molecule has 9 heteroatoms. The van der Waals surface area contributed by atoms with Crippen LogP contribution < -0.4 is 9.62 Å². The number of hydrogen-bond acceptors (Lipinski definition) is 6. The van der Waals surface area contributed by atoms with Crippen LogP contribution in [0.3, 0.4) is 0 Å². The average molecular weight is 376 g/mol. The van der Waals surface area contributed by atoms with Gasteiger partial charge in [0, 0.05) is 32.1 Å². The van der Waals surface area contributed by atoms with Gasteiger partial charge in [-0.3, -0.25) is 9.52 Å². The van der Waals surface area contributed by atoms with E-state index in [2.05, 4.69) is 14.6 Å². The zero-order chi connectivity index (χ0) is 18.1. The molecule has 0 radical (unpaired) electrons. The summed E-state index contributed by atoms with van der Waals surface area (Å²) in [6.07, 6.45) is 6.03. The van der Waals surface area contributed by atoms with Gasteiger partial charge in [-0.1, -0.05) is 0 Å². The summed E-state index contributed by atoms with van der Waals surface area (Å²) in [6.45, 7) is 2.86. The molecular formula is C17H20N4O4S. The molecule has 1 saturated heterocycles. The maximum atomic E-state index is 12.2. The van der Waals surface area contributed by atoms with Crippen molar-refractivity contribution in [2.75, 3.05) is 35.8 Å². The van der Waals surface area contributed by atoms with Crippen molar-refractivity contribution in [3.05, 3.63) is 36.9 Å². The van der Waals surface area contributed by atoms with E-state index in [0.29, 0.717) is 18.8 Å². The van der Waals surface area contributed by atoms with E-state index in [0.717, 1.165) is 31.7 Å². The lowest BCUT2D eigenvalue weighted by Crippen LogP contribution is -2.49. The van der Waals surface area contributed by atoms with Crippen molar-refractivity contribution in [3.8, 4) is 0 Å². The van der Waals surface area contributed by atoms with Crippen molar-refractivity contribution < 1.29 is 17.6 Å². The number of hydrogen-bond donors (Lipinski definition) is 1. The molecule has 1 aliphatic carbocycles. The first-order valence-electron chi connectivity index (χ1n) is 8.58. The molecule has 0 bridgehead atoms. The second-order valence-corrected chi connectivity index (χ2v) is 8.24. The summed E-state index contributed by atoms with van der Waals surface area (Å²) in [5.41, 5.74) is 0.387. The summed E-state index contributed by atoms with van der Waals surface area (Å²) in [5, 5.41) is 0. The number of nitrogens with one attached hydrogen (secondary N) is 1. The standard InChI is InChI=1S/C17H20N4O4S/c22-17(13-1-2-13)21-8-6-20(7-9-21)16-4-3-14(11-18-16)19-26(23,24)15-5-10-25-12-15/h3-5,10-13,19H,1-2,6-9H2. The molecule has 2 aliphatic rings. The van der Waals surface area contributed by atoms with Crippen molar-refractivity contribution in [1.29, 1.82) is 0 Å². The fourth-order valence-corrected chi connectivity index (χ4v) is 3.96. The van der Waals surface area contributed by atoms with Crippen LogP contribution in [-0.2, 0) is 14.8 Å². The molecule has 8 nitrogen and oxygen atoms in total. The summed E-state index contributed by atoms with van der Waals surface area (Å²) in [6, 6.07) is 4.85. The molecule has 1 N–H and O–H groups in total. The van der Waals surface area contributed by atoms with E-state index >= 15 is 0 Å². The van der Waals surface area contributed by atoms with Gasteiger partial charge in [-0.2, -0.15) is 0 Å². The molecule has 4 rings (SSSR count). The Kier molecular flexibility index (Phi) is 4.31. The van der Waals surface area contributed by atoms with Gasteiger partial charge in [0.05, 0.1) is 18.1 Å². The molecule has 0 spiro atoms. The SMILES string of the molecule is O=C(C1CC1)N1CCN(c2ccc(NS(=O)(=O)c3ccoc3)cn2)CC1. The lowest BCUT2D eigenvalue weighted by molar-refractivity contribution is -0.132. The summed E-state index contributed by atoms with van der Waals surface area (Å²) < 4.78 is 31.6. The average Bonchev–Trinajstić information content (AvgIpc) is 3.34. The van der Waals surface area contributed by atoms with E-state index in [4.69, 9.17) is 4.42 Å². The highest BCUT2D eigenvalue weighted by Crippen LogP contribution is 2.31. The predicted molar refractivity (Wildman–Crippen MR) is 95.3 cm³/mol. The third-order valence-electron chi connectivity index (χ3n) is 4.65. The highest BCUT2D eigenvalue weighted by atomic mass is 32.2.